The number of rotatable bonds is 4. The molecular formula is C21H22N4OS. The van der Waals surface area contributed by atoms with E-state index in [4.69, 9.17) is 4.98 Å². The first-order chi connectivity index (χ1) is 13.3. The van der Waals surface area contributed by atoms with Crippen LogP contribution in [0.15, 0.2) is 42.7 Å². The summed E-state index contributed by atoms with van der Waals surface area (Å²) in [6.45, 7) is 0. The molecule has 1 saturated carbocycles. The lowest BCUT2D eigenvalue weighted by atomic mass is 9.93. The minimum absolute atomic E-state index is 0.123. The van der Waals surface area contributed by atoms with Crippen LogP contribution in [-0.4, -0.2) is 32.2 Å². The van der Waals surface area contributed by atoms with Crippen LogP contribution >= 0.6 is 11.3 Å². The number of hydrogen-bond donors (Lipinski definition) is 3. The summed E-state index contributed by atoms with van der Waals surface area (Å²) in [7, 11) is 0. The molecule has 0 radical (unpaired) electrons. The van der Waals surface area contributed by atoms with Crippen molar-refractivity contribution in [3.63, 3.8) is 0 Å². The molecule has 3 heterocycles. The number of hydrogen-bond acceptors (Lipinski definition) is 5. The van der Waals surface area contributed by atoms with Gasteiger partial charge in [-0.25, -0.2) is 9.97 Å². The van der Waals surface area contributed by atoms with Crippen LogP contribution in [0.4, 0.5) is 5.13 Å². The standard InChI is InChI=1S/C21H22N4OS/c26-18-6-2-1-5-16(18)24-21-25-17-8-7-13(11-19(17)27-21)10-14-12-23-20-15(14)4-3-9-22-20/h3-4,7-9,11-12,16,18,26H,1-2,5-6,10H2,(H,22,23)(H,24,25). The van der Waals surface area contributed by atoms with Crippen molar-refractivity contribution in [2.75, 3.05) is 5.32 Å². The molecule has 0 bridgehead atoms. The molecule has 4 aromatic rings. The van der Waals surface area contributed by atoms with Crippen molar-refractivity contribution in [1.29, 1.82) is 0 Å². The number of H-pyrrole nitrogens is 1. The Morgan fingerprint density at radius 3 is 3.07 bits per heavy atom. The van der Waals surface area contributed by atoms with E-state index in [0.717, 1.165) is 42.0 Å². The zero-order valence-electron chi connectivity index (χ0n) is 15.0. The first-order valence-corrected chi connectivity index (χ1v) is 10.3. The number of nitrogens with zero attached hydrogens (tertiary/aromatic N) is 2. The van der Waals surface area contributed by atoms with Crippen LogP contribution in [0.5, 0.6) is 0 Å². The van der Waals surface area contributed by atoms with E-state index < -0.39 is 0 Å². The normalized spacial score (nSPS) is 20.3. The summed E-state index contributed by atoms with van der Waals surface area (Å²) in [5, 5.41) is 15.7. The van der Waals surface area contributed by atoms with E-state index in [2.05, 4.69) is 39.6 Å². The Kier molecular flexibility index (Phi) is 4.30. The number of pyridine rings is 1. The van der Waals surface area contributed by atoms with Crippen molar-refractivity contribution < 1.29 is 5.11 Å². The molecule has 138 valence electrons. The van der Waals surface area contributed by atoms with Gasteiger partial charge in [-0.2, -0.15) is 0 Å². The van der Waals surface area contributed by atoms with Gasteiger partial charge >= 0.3 is 0 Å². The summed E-state index contributed by atoms with van der Waals surface area (Å²) in [6.07, 6.45) is 8.63. The molecule has 0 spiro atoms. The van der Waals surface area contributed by atoms with Gasteiger partial charge in [-0.05, 0) is 54.7 Å². The van der Waals surface area contributed by atoms with Gasteiger partial charge in [-0.15, -0.1) is 0 Å². The molecule has 3 aromatic heterocycles. The Labute approximate surface area is 161 Å². The molecule has 6 heteroatoms. The van der Waals surface area contributed by atoms with Crippen molar-refractivity contribution in [3.8, 4) is 0 Å². The van der Waals surface area contributed by atoms with Crippen molar-refractivity contribution in [2.24, 2.45) is 0 Å². The summed E-state index contributed by atoms with van der Waals surface area (Å²) in [6, 6.07) is 10.7. The molecule has 2 unspecified atom stereocenters. The molecule has 1 aromatic carbocycles. The second-order valence-corrected chi connectivity index (χ2v) is 8.34. The van der Waals surface area contributed by atoms with Crippen LogP contribution in [0.1, 0.15) is 36.8 Å². The summed E-state index contributed by atoms with van der Waals surface area (Å²) < 4.78 is 1.18. The van der Waals surface area contributed by atoms with E-state index in [9.17, 15) is 5.11 Å². The smallest absolute Gasteiger partial charge is 0.184 e. The number of benzene rings is 1. The highest BCUT2D eigenvalue weighted by Gasteiger charge is 2.23. The van der Waals surface area contributed by atoms with E-state index in [1.165, 1.54) is 27.6 Å². The lowest BCUT2D eigenvalue weighted by molar-refractivity contribution is 0.116. The van der Waals surface area contributed by atoms with Gasteiger partial charge in [0.25, 0.3) is 0 Å². The number of aliphatic hydroxyl groups excluding tert-OH is 1. The Balaban J connectivity index is 1.39. The predicted molar refractivity (Wildman–Crippen MR) is 110 cm³/mol. The molecule has 0 aliphatic heterocycles. The van der Waals surface area contributed by atoms with Gasteiger partial charge < -0.3 is 15.4 Å². The molecule has 3 N–H and O–H groups in total. The topological polar surface area (TPSA) is 73.8 Å². The number of aliphatic hydroxyl groups is 1. The van der Waals surface area contributed by atoms with Gasteiger partial charge in [0, 0.05) is 17.8 Å². The van der Waals surface area contributed by atoms with Gasteiger partial charge in [0.2, 0.25) is 0 Å². The van der Waals surface area contributed by atoms with Crippen molar-refractivity contribution in [1.82, 2.24) is 15.0 Å². The SMILES string of the molecule is OC1CCCCC1Nc1nc2ccc(Cc3c[nH]c4ncccc34)cc2s1. The number of thiazole rings is 1. The Morgan fingerprint density at radius 2 is 2.15 bits per heavy atom. The highest BCUT2D eigenvalue weighted by atomic mass is 32.1. The van der Waals surface area contributed by atoms with E-state index in [1.807, 2.05) is 18.5 Å². The molecule has 5 nitrogen and oxygen atoms in total. The molecular weight excluding hydrogens is 356 g/mol. The Morgan fingerprint density at radius 1 is 1.22 bits per heavy atom. The molecule has 1 fully saturated rings. The van der Waals surface area contributed by atoms with Gasteiger partial charge in [0.05, 0.1) is 22.4 Å². The highest BCUT2D eigenvalue weighted by Crippen LogP contribution is 2.30. The van der Waals surface area contributed by atoms with Gasteiger partial charge in [0.15, 0.2) is 5.13 Å². The minimum atomic E-state index is -0.267. The van der Waals surface area contributed by atoms with E-state index in [0.29, 0.717) is 0 Å². The van der Waals surface area contributed by atoms with Crippen LogP contribution in [0, 0.1) is 0 Å². The third-order valence-electron chi connectivity index (χ3n) is 5.42. The fourth-order valence-corrected chi connectivity index (χ4v) is 4.95. The average Bonchev–Trinajstić information content (AvgIpc) is 3.27. The lowest BCUT2D eigenvalue weighted by Crippen LogP contribution is -2.36. The van der Waals surface area contributed by atoms with Crippen LogP contribution in [0.2, 0.25) is 0 Å². The summed E-state index contributed by atoms with van der Waals surface area (Å²) in [4.78, 5) is 12.3. The van der Waals surface area contributed by atoms with E-state index in [-0.39, 0.29) is 12.1 Å². The number of fused-ring (bicyclic) bond motifs is 2. The predicted octanol–water partition coefficient (Wildman–Crippen LogP) is 4.48. The van der Waals surface area contributed by atoms with Crippen LogP contribution in [0.3, 0.4) is 0 Å². The van der Waals surface area contributed by atoms with Gasteiger partial charge in [-0.3, -0.25) is 0 Å². The number of aromatic nitrogens is 3. The number of anilines is 1. The Hall–Kier alpha value is -2.44. The van der Waals surface area contributed by atoms with Crippen LogP contribution in [-0.2, 0) is 6.42 Å². The van der Waals surface area contributed by atoms with Crippen LogP contribution < -0.4 is 5.32 Å². The van der Waals surface area contributed by atoms with Gasteiger partial charge in [-0.1, -0.05) is 30.2 Å². The first kappa shape index (κ1) is 16.7. The number of aromatic amines is 1. The highest BCUT2D eigenvalue weighted by molar-refractivity contribution is 7.22. The molecule has 0 amide bonds. The largest absolute Gasteiger partial charge is 0.391 e. The van der Waals surface area contributed by atoms with Crippen molar-refractivity contribution in [2.45, 2.75) is 44.2 Å². The third-order valence-corrected chi connectivity index (χ3v) is 6.37. The summed E-state index contributed by atoms with van der Waals surface area (Å²) >= 11 is 1.67. The summed E-state index contributed by atoms with van der Waals surface area (Å²) in [5.41, 5.74) is 4.46. The summed E-state index contributed by atoms with van der Waals surface area (Å²) in [5.74, 6) is 0. The van der Waals surface area contributed by atoms with Crippen LogP contribution in [0.25, 0.3) is 21.3 Å². The lowest BCUT2D eigenvalue weighted by Gasteiger charge is -2.27. The quantitative estimate of drug-likeness (QED) is 0.489. The second-order valence-electron chi connectivity index (χ2n) is 7.31. The fourth-order valence-electron chi connectivity index (χ4n) is 3.96. The molecule has 1 aliphatic carbocycles. The van der Waals surface area contributed by atoms with E-state index >= 15 is 0 Å². The maximum Gasteiger partial charge on any atom is 0.184 e. The van der Waals surface area contributed by atoms with Crippen molar-refractivity contribution in [3.05, 3.63) is 53.9 Å². The third kappa shape index (κ3) is 3.31. The number of nitrogens with one attached hydrogen (secondary N) is 2. The average molecular weight is 379 g/mol. The monoisotopic (exact) mass is 378 g/mol. The van der Waals surface area contributed by atoms with Gasteiger partial charge in [0.1, 0.15) is 5.65 Å². The fraction of sp³-hybridized carbons (Fsp3) is 0.333. The minimum Gasteiger partial charge on any atom is -0.391 e. The zero-order valence-corrected chi connectivity index (χ0v) is 15.8. The first-order valence-electron chi connectivity index (χ1n) is 9.51. The molecule has 0 saturated heterocycles. The maximum absolute atomic E-state index is 10.2. The molecule has 1 aliphatic rings. The van der Waals surface area contributed by atoms with E-state index in [1.54, 1.807) is 11.3 Å². The molecule has 27 heavy (non-hydrogen) atoms. The maximum atomic E-state index is 10.2. The van der Waals surface area contributed by atoms with Crippen molar-refractivity contribution >= 4 is 37.7 Å². The molecule has 2 atom stereocenters. The molecule has 5 rings (SSSR count). The zero-order chi connectivity index (χ0) is 18.2. The second kappa shape index (κ2) is 6.94. The Bertz CT molecular complexity index is 1090.